The highest BCUT2D eigenvalue weighted by molar-refractivity contribution is 4.85. The minimum absolute atomic E-state index is 0.482. The summed E-state index contributed by atoms with van der Waals surface area (Å²) in [6.45, 7) is 6.76. The summed E-state index contributed by atoms with van der Waals surface area (Å²) >= 11 is 0. The molecule has 0 aromatic heterocycles. The van der Waals surface area contributed by atoms with Crippen molar-refractivity contribution in [1.82, 2.24) is 5.32 Å². The van der Waals surface area contributed by atoms with E-state index >= 15 is 0 Å². The van der Waals surface area contributed by atoms with Gasteiger partial charge in [0, 0.05) is 12.6 Å². The Morgan fingerprint density at radius 2 is 2.00 bits per heavy atom. The molecule has 0 saturated heterocycles. The van der Waals surface area contributed by atoms with E-state index in [1.54, 1.807) is 0 Å². The molecule has 0 spiro atoms. The van der Waals surface area contributed by atoms with E-state index in [1.807, 2.05) is 0 Å². The van der Waals surface area contributed by atoms with Gasteiger partial charge in [0.25, 0.3) is 0 Å². The summed E-state index contributed by atoms with van der Waals surface area (Å²) in [7, 11) is 0. The maximum absolute atomic E-state index is 6.12. The van der Waals surface area contributed by atoms with E-state index < -0.39 is 0 Å². The summed E-state index contributed by atoms with van der Waals surface area (Å²) in [5.74, 6) is 1.74. The van der Waals surface area contributed by atoms with E-state index in [9.17, 15) is 0 Å². The first-order valence-corrected chi connectivity index (χ1v) is 7.14. The third-order valence-corrected chi connectivity index (χ3v) is 3.95. The molecule has 0 radical (unpaired) electrons. The highest BCUT2D eigenvalue weighted by Crippen LogP contribution is 2.32. The zero-order valence-corrected chi connectivity index (χ0v) is 10.9. The van der Waals surface area contributed by atoms with E-state index in [4.69, 9.17) is 4.74 Å². The minimum Gasteiger partial charge on any atom is -0.376 e. The Hall–Kier alpha value is -0.0800. The van der Waals surface area contributed by atoms with Gasteiger partial charge in [0.1, 0.15) is 0 Å². The van der Waals surface area contributed by atoms with Crippen LogP contribution in [0, 0.1) is 11.8 Å². The largest absolute Gasteiger partial charge is 0.376 e. The van der Waals surface area contributed by atoms with Crippen LogP contribution < -0.4 is 5.32 Å². The van der Waals surface area contributed by atoms with Crippen LogP contribution in [0.4, 0.5) is 0 Å². The number of ether oxygens (including phenoxy) is 1. The Morgan fingerprint density at radius 3 is 2.69 bits per heavy atom. The van der Waals surface area contributed by atoms with Crippen molar-refractivity contribution >= 4 is 0 Å². The van der Waals surface area contributed by atoms with Crippen molar-refractivity contribution in [2.75, 3.05) is 13.2 Å². The van der Waals surface area contributed by atoms with Gasteiger partial charge < -0.3 is 10.1 Å². The monoisotopic (exact) mass is 225 g/mol. The molecule has 0 heterocycles. The van der Waals surface area contributed by atoms with Crippen LogP contribution in [0.1, 0.15) is 52.4 Å². The number of rotatable bonds is 6. The fraction of sp³-hybridized carbons (Fsp3) is 1.00. The van der Waals surface area contributed by atoms with Gasteiger partial charge in [-0.05, 0) is 56.9 Å². The van der Waals surface area contributed by atoms with Crippen LogP contribution in [0.15, 0.2) is 0 Å². The maximum atomic E-state index is 6.12. The Bertz CT molecular complexity index is 201. The van der Waals surface area contributed by atoms with Crippen LogP contribution in [-0.2, 0) is 4.74 Å². The van der Waals surface area contributed by atoms with Crippen LogP contribution in [0.3, 0.4) is 0 Å². The van der Waals surface area contributed by atoms with Gasteiger partial charge >= 0.3 is 0 Å². The Morgan fingerprint density at radius 1 is 1.19 bits per heavy atom. The highest BCUT2D eigenvalue weighted by atomic mass is 16.5. The summed E-state index contributed by atoms with van der Waals surface area (Å²) in [5, 5.41) is 3.66. The number of hydrogen-bond donors (Lipinski definition) is 1. The zero-order valence-electron chi connectivity index (χ0n) is 10.9. The van der Waals surface area contributed by atoms with Crippen LogP contribution in [0.2, 0.25) is 0 Å². The fourth-order valence-corrected chi connectivity index (χ4v) is 2.62. The van der Waals surface area contributed by atoms with Crippen LogP contribution in [0.5, 0.6) is 0 Å². The van der Waals surface area contributed by atoms with Gasteiger partial charge in [0.15, 0.2) is 0 Å². The molecule has 16 heavy (non-hydrogen) atoms. The predicted molar refractivity (Wildman–Crippen MR) is 67.6 cm³/mol. The number of nitrogens with one attached hydrogen (secondary N) is 1. The molecular formula is C14H27NO. The molecule has 0 amide bonds. The van der Waals surface area contributed by atoms with Crippen molar-refractivity contribution in [3.63, 3.8) is 0 Å². The molecule has 2 aliphatic rings. The Labute approximate surface area is 100 Å². The Kier molecular flexibility index (Phi) is 4.66. The molecule has 0 bridgehead atoms. The zero-order chi connectivity index (χ0) is 11.4. The van der Waals surface area contributed by atoms with Crippen molar-refractivity contribution in [3.8, 4) is 0 Å². The van der Waals surface area contributed by atoms with Gasteiger partial charge in [0.2, 0.25) is 0 Å². The SMILES string of the molecule is CCCNC1CCC(C)CC1OCC1CC1. The average Bonchev–Trinajstić information content (AvgIpc) is 3.09. The molecule has 3 atom stereocenters. The van der Waals surface area contributed by atoms with Crippen LogP contribution >= 0.6 is 0 Å². The first kappa shape index (κ1) is 12.4. The fourth-order valence-electron chi connectivity index (χ4n) is 2.62. The second-order valence-corrected chi connectivity index (χ2v) is 5.79. The van der Waals surface area contributed by atoms with E-state index in [0.717, 1.165) is 25.0 Å². The minimum atomic E-state index is 0.482. The summed E-state index contributed by atoms with van der Waals surface area (Å²) in [6, 6.07) is 0.620. The summed E-state index contributed by atoms with van der Waals surface area (Å²) in [4.78, 5) is 0. The molecule has 2 saturated carbocycles. The molecule has 0 aromatic carbocycles. The van der Waals surface area contributed by atoms with Gasteiger partial charge in [0.05, 0.1) is 6.10 Å². The maximum Gasteiger partial charge on any atom is 0.0730 e. The molecule has 2 nitrogen and oxygen atoms in total. The van der Waals surface area contributed by atoms with E-state index in [1.165, 1.54) is 38.5 Å². The molecule has 1 N–H and O–H groups in total. The van der Waals surface area contributed by atoms with Crippen molar-refractivity contribution in [1.29, 1.82) is 0 Å². The van der Waals surface area contributed by atoms with Gasteiger partial charge in [-0.25, -0.2) is 0 Å². The van der Waals surface area contributed by atoms with Gasteiger partial charge in [-0.2, -0.15) is 0 Å². The predicted octanol–water partition coefficient (Wildman–Crippen LogP) is 2.97. The molecule has 2 rings (SSSR count). The van der Waals surface area contributed by atoms with Crippen LogP contribution in [0.25, 0.3) is 0 Å². The van der Waals surface area contributed by atoms with E-state index in [0.29, 0.717) is 12.1 Å². The lowest BCUT2D eigenvalue weighted by atomic mass is 9.85. The quantitative estimate of drug-likeness (QED) is 0.750. The normalized spacial score (nSPS) is 35.2. The lowest BCUT2D eigenvalue weighted by Gasteiger charge is -2.35. The molecule has 2 heteroatoms. The van der Waals surface area contributed by atoms with Crippen molar-refractivity contribution in [3.05, 3.63) is 0 Å². The molecule has 0 aromatic rings. The van der Waals surface area contributed by atoms with Gasteiger partial charge in [-0.1, -0.05) is 13.8 Å². The van der Waals surface area contributed by atoms with Gasteiger partial charge in [-0.15, -0.1) is 0 Å². The second-order valence-electron chi connectivity index (χ2n) is 5.79. The standard InChI is InChI=1S/C14H27NO/c1-3-8-15-13-7-4-11(2)9-14(13)16-10-12-5-6-12/h11-15H,3-10H2,1-2H3. The van der Waals surface area contributed by atoms with E-state index in [2.05, 4.69) is 19.2 Å². The summed E-state index contributed by atoms with van der Waals surface area (Å²) in [5.41, 5.74) is 0. The molecule has 2 aliphatic carbocycles. The lowest BCUT2D eigenvalue weighted by Crippen LogP contribution is -2.45. The average molecular weight is 225 g/mol. The molecule has 2 fully saturated rings. The third-order valence-electron chi connectivity index (χ3n) is 3.95. The molecule has 94 valence electrons. The topological polar surface area (TPSA) is 21.3 Å². The first-order valence-electron chi connectivity index (χ1n) is 7.14. The molecular weight excluding hydrogens is 198 g/mol. The Balaban J connectivity index is 1.76. The van der Waals surface area contributed by atoms with Gasteiger partial charge in [-0.3, -0.25) is 0 Å². The number of hydrogen-bond acceptors (Lipinski definition) is 2. The van der Waals surface area contributed by atoms with Crippen molar-refractivity contribution in [2.24, 2.45) is 11.8 Å². The third kappa shape index (κ3) is 3.74. The summed E-state index contributed by atoms with van der Waals surface area (Å²) < 4.78 is 6.12. The molecule has 3 unspecified atom stereocenters. The summed E-state index contributed by atoms with van der Waals surface area (Å²) in [6.07, 6.45) is 8.43. The van der Waals surface area contributed by atoms with Crippen molar-refractivity contribution in [2.45, 2.75) is 64.5 Å². The second kappa shape index (κ2) is 6.02. The van der Waals surface area contributed by atoms with Crippen molar-refractivity contribution < 1.29 is 4.74 Å². The van der Waals surface area contributed by atoms with E-state index in [-0.39, 0.29) is 0 Å². The first-order chi connectivity index (χ1) is 7.79. The van der Waals surface area contributed by atoms with Crippen LogP contribution in [-0.4, -0.2) is 25.3 Å². The lowest BCUT2D eigenvalue weighted by molar-refractivity contribution is -0.0123. The highest BCUT2D eigenvalue weighted by Gasteiger charge is 2.31. The smallest absolute Gasteiger partial charge is 0.0730 e. The molecule has 0 aliphatic heterocycles.